The van der Waals surface area contributed by atoms with Crippen molar-refractivity contribution in [2.24, 2.45) is 0 Å². The topological polar surface area (TPSA) is 65.1 Å². The van der Waals surface area contributed by atoms with Crippen LogP contribution in [0.2, 0.25) is 0 Å². The van der Waals surface area contributed by atoms with E-state index in [0.717, 1.165) is 5.56 Å². The first-order chi connectivity index (χ1) is 12.1. The van der Waals surface area contributed by atoms with Gasteiger partial charge in [0.05, 0.1) is 12.6 Å². The van der Waals surface area contributed by atoms with Crippen LogP contribution in [0, 0.1) is 0 Å². The first kappa shape index (κ1) is 20.0. The van der Waals surface area contributed by atoms with Crippen LogP contribution in [-0.4, -0.2) is 40.9 Å². The van der Waals surface area contributed by atoms with E-state index in [1.54, 1.807) is 40.7 Å². The van der Waals surface area contributed by atoms with Gasteiger partial charge >= 0.3 is 12.1 Å². The zero-order valence-corrected chi connectivity index (χ0v) is 16.0. The number of carbonyl (C=O) groups excluding carboxylic acids is 2. The fourth-order valence-corrected chi connectivity index (χ4v) is 2.64. The zero-order valence-electron chi connectivity index (χ0n) is 16.0. The Kier molecular flexibility index (Phi) is 6.08. The standard InChI is InChI=1S/C20H27NO5/c1-19(2,3)26-17(22)12-11-16-14-25-20(4,5)21(16)18(23)24-13-15-9-7-6-8-10-15/h6-12,16H,13-14H2,1-5H3/b12-11+/t16-/m0/s1. The SMILES string of the molecule is CC(C)(C)OC(=O)/C=C/[C@H]1COC(C)(C)N1C(=O)OCc1ccccc1. The molecule has 0 saturated carbocycles. The Morgan fingerprint density at radius 3 is 2.54 bits per heavy atom. The number of esters is 1. The lowest BCUT2D eigenvalue weighted by molar-refractivity contribution is -0.148. The Balaban J connectivity index is 2.02. The molecule has 0 aliphatic carbocycles. The molecule has 26 heavy (non-hydrogen) atoms. The molecule has 1 saturated heterocycles. The average molecular weight is 361 g/mol. The highest BCUT2D eigenvalue weighted by Crippen LogP contribution is 2.29. The van der Waals surface area contributed by atoms with E-state index >= 15 is 0 Å². The summed E-state index contributed by atoms with van der Waals surface area (Å²) in [6.45, 7) is 9.44. The minimum Gasteiger partial charge on any atom is -0.457 e. The molecule has 1 atom stereocenters. The first-order valence-corrected chi connectivity index (χ1v) is 8.64. The summed E-state index contributed by atoms with van der Waals surface area (Å²) in [5, 5.41) is 0. The second-order valence-corrected chi connectivity index (χ2v) is 7.63. The molecule has 1 aliphatic heterocycles. The fourth-order valence-electron chi connectivity index (χ4n) is 2.64. The number of rotatable bonds is 4. The van der Waals surface area contributed by atoms with Crippen LogP contribution in [0.4, 0.5) is 4.79 Å². The van der Waals surface area contributed by atoms with Crippen molar-refractivity contribution in [3.63, 3.8) is 0 Å². The number of ether oxygens (including phenoxy) is 3. The molecule has 2 rings (SSSR count). The molecule has 142 valence electrons. The Hall–Kier alpha value is -2.34. The first-order valence-electron chi connectivity index (χ1n) is 8.64. The third-order valence-corrected chi connectivity index (χ3v) is 3.78. The van der Waals surface area contributed by atoms with Gasteiger partial charge in [0.1, 0.15) is 17.9 Å². The van der Waals surface area contributed by atoms with Gasteiger partial charge in [0.15, 0.2) is 0 Å². The second kappa shape index (κ2) is 7.91. The molecule has 6 nitrogen and oxygen atoms in total. The average Bonchev–Trinajstić information content (AvgIpc) is 2.85. The fraction of sp³-hybridized carbons (Fsp3) is 0.500. The van der Waals surface area contributed by atoms with Crippen LogP contribution in [-0.2, 0) is 25.6 Å². The van der Waals surface area contributed by atoms with Crippen LogP contribution in [0.1, 0.15) is 40.2 Å². The van der Waals surface area contributed by atoms with E-state index in [2.05, 4.69) is 0 Å². The third kappa shape index (κ3) is 5.59. The lowest BCUT2D eigenvalue weighted by Crippen LogP contribution is -2.47. The highest BCUT2D eigenvalue weighted by molar-refractivity contribution is 5.82. The Morgan fingerprint density at radius 2 is 1.92 bits per heavy atom. The summed E-state index contributed by atoms with van der Waals surface area (Å²) in [6, 6.07) is 9.05. The van der Waals surface area contributed by atoms with Gasteiger partial charge in [-0.15, -0.1) is 0 Å². The molecule has 6 heteroatoms. The van der Waals surface area contributed by atoms with Crippen LogP contribution in [0.3, 0.4) is 0 Å². The Labute approximate surface area is 154 Å². The molecule has 0 unspecified atom stereocenters. The Morgan fingerprint density at radius 1 is 1.27 bits per heavy atom. The van der Waals surface area contributed by atoms with Gasteiger partial charge < -0.3 is 14.2 Å². The summed E-state index contributed by atoms with van der Waals surface area (Å²) >= 11 is 0. The summed E-state index contributed by atoms with van der Waals surface area (Å²) in [7, 11) is 0. The second-order valence-electron chi connectivity index (χ2n) is 7.63. The highest BCUT2D eigenvalue weighted by atomic mass is 16.6. The molecule has 1 aliphatic rings. The van der Waals surface area contributed by atoms with Gasteiger partial charge in [-0.3, -0.25) is 4.90 Å². The zero-order chi connectivity index (χ0) is 19.4. The van der Waals surface area contributed by atoms with Gasteiger partial charge in [0.25, 0.3) is 0 Å². The number of nitrogens with zero attached hydrogens (tertiary/aromatic N) is 1. The maximum Gasteiger partial charge on any atom is 0.412 e. The molecule has 1 aromatic rings. The minimum absolute atomic E-state index is 0.175. The van der Waals surface area contributed by atoms with Crippen LogP contribution < -0.4 is 0 Å². The van der Waals surface area contributed by atoms with Crippen molar-refractivity contribution in [1.29, 1.82) is 0 Å². The lowest BCUT2D eigenvalue weighted by atomic mass is 10.2. The quantitative estimate of drug-likeness (QED) is 0.605. The largest absolute Gasteiger partial charge is 0.457 e. The van der Waals surface area contributed by atoms with Gasteiger partial charge in [0.2, 0.25) is 0 Å². The summed E-state index contributed by atoms with van der Waals surface area (Å²) in [4.78, 5) is 26.0. The van der Waals surface area contributed by atoms with Crippen LogP contribution >= 0.6 is 0 Å². The number of benzene rings is 1. The predicted molar refractivity (Wildman–Crippen MR) is 97.3 cm³/mol. The van der Waals surface area contributed by atoms with Gasteiger partial charge in [-0.1, -0.05) is 36.4 Å². The van der Waals surface area contributed by atoms with Gasteiger partial charge in [0, 0.05) is 6.08 Å². The van der Waals surface area contributed by atoms with Gasteiger partial charge in [-0.2, -0.15) is 0 Å². The van der Waals surface area contributed by atoms with E-state index < -0.39 is 29.4 Å². The summed E-state index contributed by atoms with van der Waals surface area (Å²) in [6.07, 6.45) is 2.46. The third-order valence-electron chi connectivity index (χ3n) is 3.78. The van der Waals surface area contributed by atoms with E-state index in [4.69, 9.17) is 14.2 Å². The van der Waals surface area contributed by atoms with E-state index in [0.29, 0.717) is 0 Å². The molecular weight excluding hydrogens is 334 g/mol. The number of hydrogen-bond donors (Lipinski definition) is 0. The van der Waals surface area contributed by atoms with E-state index in [9.17, 15) is 9.59 Å². The molecule has 1 heterocycles. The van der Waals surface area contributed by atoms with Gasteiger partial charge in [-0.25, -0.2) is 9.59 Å². The van der Waals surface area contributed by atoms with Crippen molar-refractivity contribution < 1.29 is 23.8 Å². The smallest absolute Gasteiger partial charge is 0.412 e. The normalized spacial score (nSPS) is 19.6. The lowest BCUT2D eigenvalue weighted by Gasteiger charge is -2.31. The van der Waals surface area contributed by atoms with E-state index in [1.807, 2.05) is 30.3 Å². The number of hydrogen-bond acceptors (Lipinski definition) is 5. The predicted octanol–water partition coefficient (Wildman–Crippen LogP) is 3.66. The van der Waals surface area contributed by atoms with Crippen LogP contribution in [0.5, 0.6) is 0 Å². The molecule has 1 fully saturated rings. The maximum absolute atomic E-state index is 12.6. The minimum atomic E-state index is -0.823. The van der Waals surface area contributed by atoms with E-state index in [-0.39, 0.29) is 13.2 Å². The van der Waals surface area contributed by atoms with Crippen molar-refractivity contribution in [3.05, 3.63) is 48.0 Å². The molecule has 0 N–H and O–H groups in total. The molecule has 0 radical (unpaired) electrons. The summed E-state index contributed by atoms with van der Waals surface area (Å²) in [5.41, 5.74) is -0.489. The van der Waals surface area contributed by atoms with Crippen molar-refractivity contribution in [3.8, 4) is 0 Å². The van der Waals surface area contributed by atoms with Crippen molar-refractivity contribution >= 4 is 12.1 Å². The monoisotopic (exact) mass is 361 g/mol. The van der Waals surface area contributed by atoms with Crippen molar-refractivity contribution in [1.82, 2.24) is 4.90 Å². The summed E-state index contributed by atoms with van der Waals surface area (Å²) in [5.74, 6) is -0.459. The molecule has 0 aromatic heterocycles. The van der Waals surface area contributed by atoms with E-state index in [1.165, 1.54) is 11.0 Å². The number of carbonyl (C=O) groups is 2. The maximum atomic E-state index is 12.6. The molecule has 1 amide bonds. The highest BCUT2D eigenvalue weighted by Gasteiger charge is 2.43. The summed E-state index contributed by atoms with van der Waals surface area (Å²) < 4.78 is 16.4. The van der Waals surface area contributed by atoms with Crippen LogP contribution in [0.15, 0.2) is 42.5 Å². The number of amides is 1. The molecule has 0 bridgehead atoms. The van der Waals surface area contributed by atoms with Crippen LogP contribution in [0.25, 0.3) is 0 Å². The van der Waals surface area contributed by atoms with Gasteiger partial charge in [-0.05, 0) is 40.2 Å². The molecule has 1 aromatic carbocycles. The Bertz CT molecular complexity index is 661. The molecular formula is C20H27NO5. The van der Waals surface area contributed by atoms with Crippen molar-refractivity contribution in [2.45, 2.75) is 58.6 Å². The van der Waals surface area contributed by atoms with Crippen molar-refractivity contribution in [2.75, 3.05) is 6.61 Å². The molecule has 0 spiro atoms.